The summed E-state index contributed by atoms with van der Waals surface area (Å²) in [6.45, 7) is 10.4. The summed E-state index contributed by atoms with van der Waals surface area (Å²) in [4.78, 5) is 14.7. The predicted molar refractivity (Wildman–Crippen MR) is 92.4 cm³/mol. The molecule has 0 spiro atoms. The molecule has 0 saturated carbocycles. The van der Waals surface area contributed by atoms with Gasteiger partial charge in [-0.2, -0.15) is 0 Å². The highest BCUT2D eigenvalue weighted by molar-refractivity contribution is 5.85. The minimum Gasteiger partial charge on any atom is -0.496 e. The largest absolute Gasteiger partial charge is 0.496 e. The first-order valence-corrected chi connectivity index (χ1v) is 7.35. The molecule has 2 rings (SSSR count). The topological polar surface area (TPSA) is 42.7 Å². The Morgan fingerprint density at radius 3 is 2.36 bits per heavy atom. The first-order valence-electron chi connectivity index (χ1n) is 7.35. The number of aryl methyl sites for hydroxylation is 1. The fourth-order valence-electron chi connectivity index (χ4n) is 2.51. The van der Waals surface area contributed by atoms with Gasteiger partial charge in [0.15, 0.2) is 5.43 Å². The summed E-state index contributed by atoms with van der Waals surface area (Å²) >= 11 is 0. The van der Waals surface area contributed by atoms with Gasteiger partial charge < -0.3 is 9.15 Å². The minimum absolute atomic E-state index is 0. The number of rotatable bonds is 5. The van der Waals surface area contributed by atoms with Gasteiger partial charge in [0.05, 0.1) is 18.1 Å². The predicted octanol–water partition coefficient (Wildman–Crippen LogP) is 3.68. The van der Waals surface area contributed by atoms with Gasteiger partial charge in [-0.15, -0.1) is 12.4 Å². The second kappa shape index (κ2) is 7.65. The van der Waals surface area contributed by atoms with Crippen molar-refractivity contribution >= 4 is 23.4 Å². The van der Waals surface area contributed by atoms with Gasteiger partial charge in [0.25, 0.3) is 0 Å². The minimum atomic E-state index is 0. The van der Waals surface area contributed by atoms with Crippen molar-refractivity contribution in [3.05, 3.63) is 39.2 Å². The zero-order valence-corrected chi connectivity index (χ0v) is 14.7. The van der Waals surface area contributed by atoms with E-state index in [4.69, 9.17) is 9.15 Å². The maximum atomic E-state index is 12.4. The summed E-state index contributed by atoms with van der Waals surface area (Å²) in [5.74, 6) is 1.43. The van der Waals surface area contributed by atoms with E-state index in [1.165, 1.54) is 0 Å². The summed E-state index contributed by atoms with van der Waals surface area (Å²) < 4.78 is 11.4. The summed E-state index contributed by atoms with van der Waals surface area (Å²) in [5, 5.41) is 0.626. The molecule has 0 bridgehead atoms. The maximum Gasteiger partial charge on any atom is 0.195 e. The quantitative estimate of drug-likeness (QED) is 0.841. The molecule has 0 aliphatic carbocycles. The van der Waals surface area contributed by atoms with Crippen LogP contribution in [0.4, 0.5) is 0 Å². The third kappa shape index (κ3) is 3.28. The lowest BCUT2D eigenvalue weighted by molar-refractivity contribution is 0.288. The van der Waals surface area contributed by atoms with E-state index in [9.17, 15) is 4.79 Å². The van der Waals surface area contributed by atoms with E-state index in [-0.39, 0.29) is 17.8 Å². The molecule has 0 fully saturated rings. The monoisotopic (exact) mass is 325 g/mol. The van der Waals surface area contributed by atoms with E-state index in [0.717, 1.165) is 24.4 Å². The summed E-state index contributed by atoms with van der Waals surface area (Å²) in [5.41, 5.74) is 2.30. The van der Waals surface area contributed by atoms with Gasteiger partial charge >= 0.3 is 0 Å². The zero-order valence-electron chi connectivity index (χ0n) is 13.9. The number of halogens is 1. The van der Waals surface area contributed by atoms with Gasteiger partial charge in [-0.05, 0) is 39.1 Å². The van der Waals surface area contributed by atoms with Gasteiger partial charge in [-0.25, -0.2) is 0 Å². The van der Waals surface area contributed by atoms with Gasteiger partial charge in [-0.1, -0.05) is 13.8 Å². The third-order valence-electron chi connectivity index (χ3n) is 4.08. The highest BCUT2D eigenvalue weighted by atomic mass is 35.5. The van der Waals surface area contributed by atoms with Crippen LogP contribution in [0, 0.1) is 13.8 Å². The van der Waals surface area contributed by atoms with Gasteiger partial charge in [0.1, 0.15) is 17.1 Å². The van der Waals surface area contributed by atoms with Crippen LogP contribution in [0.5, 0.6) is 5.75 Å². The number of benzene rings is 1. The summed E-state index contributed by atoms with van der Waals surface area (Å²) in [7, 11) is 1.64. The third-order valence-corrected chi connectivity index (χ3v) is 4.08. The van der Waals surface area contributed by atoms with Crippen LogP contribution < -0.4 is 10.2 Å². The van der Waals surface area contributed by atoms with Crippen LogP contribution in [0.3, 0.4) is 0 Å². The van der Waals surface area contributed by atoms with Crippen molar-refractivity contribution in [3.8, 4) is 5.75 Å². The van der Waals surface area contributed by atoms with Crippen molar-refractivity contribution in [2.24, 2.45) is 0 Å². The highest BCUT2D eigenvalue weighted by Crippen LogP contribution is 2.29. The van der Waals surface area contributed by atoms with E-state index in [0.29, 0.717) is 28.8 Å². The van der Waals surface area contributed by atoms with Crippen molar-refractivity contribution in [2.45, 2.75) is 34.2 Å². The van der Waals surface area contributed by atoms with Crippen LogP contribution in [0.15, 0.2) is 21.3 Å². The standard InChI is InChI=1S/C17H23NO3.ClH/c1-6-18(7-2)10-14-15(20-5)9-8-13-16(19)11(3)12(4)21-17(13)14;/h8-9H,6-7,10H2,1-5H3;1H. The molecule has 0 aliphatic heterocycles. The molecule has 2 aromatic rings. The molecule has 0 unspecified atom stereocenters. The van der Waals surface area contributed by atoms with Gasteiger partial charge in [-0.3, -0.25) is 9.69 Å². The average molecular weight is 326 g/mol. The van der Waals surface area contributed by atoms with Crippen molar-refractivity contribution < 1.29 is 9.15 Å². The highest BCUT2D eigenvalue weighted by Gasteiger charge is 2.17. The number of hydrogen-bond acceptors (Lipinski definition) is 4. The normalized spacial score (nSPS) is 10.8. The van der Waals surface area contributed by atoms with Crippen molar-refractivity contribution in [1.82, 2.24) is 4.90 Å². The zero-order chi connectivity index (χ0) is 15.6. The number of nitrogens with zero attached hydrogens (tertiary/aromatic N) is 1. The second-order valence-electron chi connectivity index (χ2n) is 5.20. The van der Waals surface area contributed by atoms with Crippen molar-refractivity contribution in [1.29, 1.82) is 0 Å². The lowest BCUT2D eigenvalue weighted by atomic mass is 10.1. The molecule has 0 radical (unpaired) electrons. The summed E-state index contributed by atoms with van der Waals surface area (Å²) in [6.07, 6.45) is 0. The Balaban J connectivity index is 0.00000242. The maximum absolute atomic E-state index is 12.4. The Morgan fingerprint density at radius 2 is 1.82 bits per heavy atom. The van der Waals surface area contributed by atoms with Crippen molar-refractivity contribution in [2.75, 3.05) is 20.2 Å². The number of hydrogen-bond donors (Lipinski definition) is 0. The Hall–Kier alpha value is -1.52. The first kappa shape index (κ1) is 18.5. The Morgan fingerprint density at radius 1 is 1.18 bits per heavy atom. The number of fused-ring (bicyclic) bond motifs is 1. The molecule has 1 heterocycles. The molecule has 0 saturated heterocycles. The molecule has 0 N–H and O–H groups in total. The van der Waals surface area contributed by atoms with E-state index < -0.39 is 0 Å². The Bertz CT molecular complexity index is 705. The average Bonchev–Trinajstić information content (AvgIpc) is 2.50. The number of ether oxygens (including phenoxy) is 1. The van der Waals surface area contributed by atoms with Crippen LogP contribution >= 0.6 is 12.4 Å². The molecular formula is C17H24ClNO3. The van der Waals surface area contributed by atoms with Gasteiger partial charge in [0, 0.05) is 12.1 Å². The molecule has 5 heteroatoms. The van der Waals surface area contributed by atoms with E-state index >= 15 is 0 Å². The lowest BCUT2D eigenvalue weighted by Crippen LogP contribution is -2.23. The van der Waals surface area contributed by atoms with Crippen LogP contribution in [-0.2, 0) is 6.54 Å². The first-order chi connectivity index (χ1) is 10.0. The second-order valence-corrected chi connectivity index (χ2v) is 5.20. The molecule has 0 atom stereocenters. The van der Waals surface area contributed by atoms with Gasteiger partial charge in [0.2, 0.25) is 0 Å². The lowest BCUT2D eigenvalue weighted by Gasteiger charge is -2.20. The molecule has 1 aromatic heterocycles. The summed E-state index contributed by atoms with van der Waals surface area (Å²) in [6, 6.07) is 3.64. The SMILES string of the molecule is CCN(CC)Cc1c(OC)ccc2c(=O)c(C)c(C)oc12.Cl. The number of methoxy groups -OCH3 is 1. The Kier molecular flexibility index (Phi) is 6.45. The smallest absolute Gasteiger partial charge is 0.195 e. The molecule has 22 heavy (non-hydrogen) atoms. The molecule has 4 nitrogen and oxygen atoms in total. The molecule has 0 aliphatic rings. The van der Waals surface area contributed by atoms with Crippen LogP contribution in [-0.4, -0.2) is 25.1 Å². The fourth-order valence-corrected chi connectivity index (χ4v) is 2.51. The van der Waals surface area contributed by atoms with Crippen LogP contribution in [0.25, 0.3) is 11.0 Å². The molecule has 122 valence electrons. The van der Waals surface area contributed by atoms with Crippen LogP contribution in [0.1, 0.15) is 30.7 Å². The fraction of sp³-hybridized carbons (Fsp3) is 0.471. The Labute approximate surface area is 137 Å². The molecular weight excluding hydrogens is 302 g/mol. The van der Waals surface area contributed by atoms with E-state index in [2.05, 4.69) is 18.7 Å². The van der Waals surface area contributed by atoms with Crippen LogP contribution in [0.2, 0.25) is 0 Å². The van der Waals surface area contributed by atoms with E-state index in [1.807, 2.05) is 13.0 Å². The van der Waals surface area contributed by atoms with E-state index in [1.54, 1.807) is 20.1 Å². The molecule has 0 amide bonds. The van der Waals surface area contributed by atoms with Crippen molar-refractivity contribution in [3.63, 3.8) is 0 Å². The molecule has 1 aromatic carbocycles.